The van der Waals surface area contributed by atoms with Crippen LogP contribution in [0.5, 0.6) is 0 Å². The van der Waals surface area contributed by atoms with Gasteiger partial charge in [-0.2, -0.15) is 5.26 Å². The van der Waals surface area contributed by atoms with Gasteiger partial charge in [0.05, 0.1) is 0 Å². The Bertz CT molecular complexity index is 444. The van der Waals surface area contributed by atoms with Gasteiger partial charge in [-0.3, -0.25) is 0 Å². The lowest BCUT2D eigenvalue weighted by Crippen LogP contribution is -2.38. The van der Waals surface area contributed by atoms with Gasteiger partial charge in [-0.15, -0.1) is 0 Å². The zero-order chi connectivity index (χ0) is 11.8. The number of benzene rings is 1. The van der Waals surface area contributed by atoms with Gasteiger partial charge in [0, 0.05) is 12.7 Å². The standard InChI is InChI=1S/C14H17NO/c1-13(2)8-9-14(10-15,16-3)12-7-5-4-6-11(12)13/h4-7H,8-9H2,1-3H3. The highest BCUT2D eigenvalue weighted by atomic mass is 16.5. The first-order chi connectivity index (χ1) is 7.56. The van der Waals surface area contributed by atoms with E-state index in [-0.39, 0.29) is 5.41 Å². The number of hydrogen-bond donors (Lipinski definition) is 0. The molecule has 0 heterocycles. The van der Waals surface area contributed by atoms with Crippen molar-refractivity contribution in [2.45, 2.75) is 37.7 Å². The highest BCUT2D eigenvalue weighted by Gasteiger charge is 2.43. The van der Waals surface area contributed by atoms with Gasteiger partial charge in [-0.1, -0.05) is 38.1 Å². The van der Waals surface area contributed by atoms with E-state index in [1.165, 1.54) is 5.56 Å². The second-order valence-electron chi connectivity index (χ2n) is 5.07. The molecule has 1 aromatic rings. The highest BCUT2D eigenvalue weighted by molar-refractivity contribution is 5.43. The van der Waals surface area contributed by atoms with E-state index < -0.39 is 5.60 Å². The van der Waals surface area contributed by atoms with Crippen molar-refractivity contribution < 1.29 is 4.74 Å². The van der Waals surface area contributed by atoms with E-state index >= 15 is 0 Å². The van der Waals surface area contributed by atoms with Crippen LogP contribution < -0.4 is 0 Å². The maximum Gasteiger partial charge on any atom is 0.179 e. The first-order valence-electron chi connectivity index (χ1n) is 5.62. The van der Waals surface area contributed by atoms with Crippen molar-refractivity contribution in [3.63, 3.8) is 0 Å². The third-order valence-electron chi connectivity index (χ3n) is 3.72. The van der Waals surface area contributed by atoms with E-state index in [9.17, 15) is 5.26 Å². The maximum absolute atomic E-state index is 9.38. The van der Waals surface area contributed by atoms with Gasteiger partial charge in [0.1, 0.15) is 6.07 Å². The summed E-state index contributed by atoms with van der Waals surface area (Å²) in [5.41, 5.74) is 1.67. The minimum Gasteiger partial charge on any atom is -0.359 e. The van der Waals surface area contributed by atoms with Crippen LogP contribution in [-0.4, -0.2) is 7.11 Å². The van der Waals surface area contributed by atoms with Crippen molar-refractivity contribution in [3.8, 4) is 6.07 Å². The molecule has 0 aliphatic heterocycles. The molecule has 2 heteroatoms. The summed E-state index contributed by atoms with van der Waals surface area (Å²) in [6.07, 6.45) is 1.75. The topological polar surface area (TPSA) is 33.0 Å². The maximum atomic E-state index is 9.38. The quantitative estimate of drug-likeness (QED) is 0.721. The molecule has 1 aromatic carbocycles. The molecule has 0 saturated carbocycles. The molecule has 1 aliphatic carbocycles. The van der Waals surface area contributed by atoms with Crippen LogP contribution >= 0.6 is 0 Å². The molecule has 1 aliphatic rings. The van der Waals surface area contributed by atoms with E-state index in [0.29, 0.717) is 0 Å². The molecule has 0 saturated heterocycles. The fourth-order valence-electron chi connectivity index (χ4n) is 2.56. The Morgan fingerprint density at radius 1 is 1.19 bits per heavy atom. The monoisotopic (exact) mass is 215 g/mol. The van der Waals surface area contributed by atoms with Crippen LogP contribution in [0.25, 0.3) is 0 Å². The molecule has 0 aromatic heterocycles. The summed E-state index contributed by atoms with van der Waals surface area (Å²) < 4.78 is 5.49. The summed E-state index contributed by atoms with van der Waals surface area (Å²) in [4.78, 5) is 0. The lowest BCUT2D eigenvalue weighted by Gasteiger charge is -2.40. The molecule has 2 nitrogen and oxygen atoms in total. The number of ether oxygens (including phenoxy) is 1. The summed E-state index contributed by atoms with van der Waals surface area (Å²) in [6, 6.07) is 10.5. The largest absolute Gasteiger partial charge is 0.359 e. The molecule has 0 radical (unpaired) electrons. The Labute approximate surface area is 96.9 Å². The molecular formula is C14H17NO. The molecule has 0 spiro atoms. The summed E-state index contributed by atoms with van der Waals surface area (Å²) >= 11 is 0. The van der Waals surface area contributed by atoms with Crippen LogP contribution in [0, 0.1) is 11.3 Å². The van der Waals surface area contributed by atoms with Gasteiger partial charge in [0.25, 0.3) is 0 Å². The van der Waals surface area contributed by atoms with Crippen molar-refractivity contribution in [2.24, 2.45) is 0 Å². The van der Waals surface area contributed by atoms with Crippen LogP contribution in [0.2, 0.25) is 0 Å². The van der Waals surface area contributed by atoms with Crippen molar-refractivity contribution in [1.82, 2.24) is 0 Å². The molecule has 84 valence electrons. The number of fused-ring (bicyclic) bond motifs is 1. The zero-order valence-corrected chi connectivity index (χ0v) is 10.1. The van der Waals surface area contributed by atoms with Crippen molar-refractivity contribution in [1.29, 1.82) is 5.26 Å². The van der Waals surface area contributed by atoms with E-state index in [0.717, 1.165) is 18.4 Å². The van der Waals surface area contributed by atoms with Gasteiger partial charge >= 0.3 is 0 Å². The van der Waals surface area contributed by atoms with Crippen LogP contribution in [0.3, 0.4) is 0 Å². The van der Waals surface area contributed by atoms with E-state index in [1.807, 2.05) is 18.2 Å². The summed E-state index contributed by atoms with van der Waals surface area (Å²) in [5.74, 6) is 0. The van der Waals surface area contributed by atoms with Crippen molar-refractivity contribution >= 4 is 0 Å². The van der Waals surface area contributed by atoms with Crippen molar-refractivity contribution in [3.05, 3.63) is 35.4 Å². The fraction of sp³-hybridized carbons (Fsp3) is 0.500. The average molecular weight is 215 g/mol. The third-order valence-corrected chi connectivity index (χ3v) is 3.72. The van der Waals surface area contributed by atoms with Crippen LogP contribution in [0.4, 0.5) is 0 Å². The number of nitriles is 1. The lowest BCUT2D eigenvalue weighted by molar-refractivity contribution is 0.0127. The van der Waals surface area contributed by atoms with Crippen molar-refractivity contribution in [2.75, 3.05) is 7.11 Å². The molecule has 1 unspecified atom stereocenters. The number of rotatable bonds is 1. The van der Waals surface area contributed by atoms with Gasteiger partial charge in [0.15, 0.2) is 5.60 Å². The van der Waals surface area contributed by atoms with Crippen LogP contribution in [0.1, 0.15) is 37.8 Å². The normalized spacial score (nSPS) is 26.9. The Kier molecular flexibility index (Phi) is 2.52. The number of nitrogens with zero attached hydrogens (tertiary/aromatic N) is 1. The minimum atomic E-state index is -0.744. The second kappa shape index (κ2) is 3.61. The molecule has 0 fully saturated rings. The Balaban J connectivity index is 2.65. The molecule has 1 atom stereocenters. The first kappa shape index (κ1) is 11.2. The van der Waals surface area contributed by atoms with Gasteiger partial charge in [-0.25, -0.2) is 0 Å². The SMILES string of the molecule is COC1(C#N)CCC(C)(C)c2ccccc21. The molecule has 0 N–H and O–H groups in total. The molecule has 16 heavy (non-hydrogen) atoms. The lowest BCUT2D eigenvalue weighted by atomic mass is 9.67. The van der Waals surface area contributed by atoms with E-state index in [4.69, 9.17) is 4.74 Å². The van der Waals surface area contributed by atoms with E-state index in [2.05, 4.69) is 26.0 Å². The molecule has 0 amide bonds. The smallest absolute Gasteiger partial charge is 0.179 e. The first-order valence-corrected chi connectivity index (χ1v) is 5.62. The van der Waals surface area contributed by atoms with Gasteiger partial charge in [0.2, 0.25) is 0 Å². The Hall–Kier alpha value is -1.33. The average Bonchev–Trinajstić information content (AvgIpc) is 2.31. The number of methoxy groups -OCH3 is 1. The predicted molar refractivity (Wildman–Crippen MR) is 63.0 cm³/mol. The van der Waals surface area contributed by atoms with E-state index in [1.54, 1.807) is 7.11 Å². The summed E-state index contributed by atoms with van der Waals surface area (Å²) in [7, 11) is 1.62. The summed E-state index contributed by atoms with van der Waals surface area (Å²) in [5, 5.41) is 9.38. The molecular weight excluding hydrogens is 198 g/mol. The molecule has 2 rings (SSSR count). The minimum absolute atomic E-state index is 0.134. The zero-order valence-electron chi connectivity index (χ0n) is 10.1. The van der Waals surface area contributed by atoms with Crippen LogP contribution in [-0.2, 0) is 15.8 Å². The summed E-state index contributed by atoms with van der Waals surface area (Å²) in [6.45, 7) is 4.45. The Morgan fingerprint density at radius 2 is 1.81 bits per heavy atom. The third kappa shape index (κ3) is 1.44. The second-order valence-corrected chi connectivity index (χ2v) is 5.07. The van der Waals surface area contributed by atoms with Gasteiger partial charge in [-0.05, 0) is 23.8 Å². The van der Waals surface area contributed by atoms with Crippen LogP contribution in [0.15, 0.2) is 24.3 Å². The Morgan fingerprint density at radius 3 is 2.38 bits per heavy atom. The van der Waals surface area contributed by atoms with Gasteiger partial charge < -0.3 is 4.74 Å². The fourth-order valence-corrected chi connectivity index (χ4v) is 2.56. The predicted octanol–water partition coefficient (Wildman–Crippen LogP) is 3.12. The number of hydrogen-bond acceptors (Lipinski definition) is 2. The molecule has 0 bridgehead atoms. The highest BCUT2D eigenvalue weighted by Crippen LogP contribution is 2.45.